The Hall–Kier alpha value is -1.31. The van der Waals surface area contributed by atoms with Gasteiger partial charge in [-0.15, -0.1) is 13.2 Å². The third kappa shape index (κ3) is 3.32. The number of rotatable bonds is 2. The van der Waals surface area contributed by atoms with Gasteiger partial charge in [-0.1, -0.05) is 0 Å². The van der Waals surface area contributed by atoms with Gasteiger partial charge < -0.3 is 9.47 Å². The molecule has 1 aromatic rings. The zero-order valence-electron chi connectivity index (χ0n) is 8.27. The fourth-order valence-electron chi connectivity index (χ4n) is 1.03. The van der Waals surface area contributed by atoms with Crippen LogP contribution in [0, 0.1) is 5.82 Å². The number of benzene rings is 1. The summed E-state index contributed by atoms with van der Waals surface area (Å²) < 4.78 is 56.9. The standard InChI is InChI=1S/C9H5BrF4O3/c1-16-8(15)6-4(10)2-3-5(7(6)11)17-9(12,13)14/h2-3H,1H3. The minimum absolute atomic E-state index is 0.0311. The van der Waals surface area contributed by atoms with Crippen molar-refractivity contribution in [3.05, 3.63) is 28.0 Å². The van der Waals surface area contributed by atoms with Crippen LogP contribution in [0.4, 0.5) is 17.6 Å². The van der Waals surface area contributed by atoms with E-state index in [4.69, 9.17) is 0 Å². The third-order valence-electron chi connectivity index (χ3n) is 1.67. The van der Waals surface area contributed by atoms with Crippen LogP contribution in [-0.4, -0.2) is 19.4 Å². The molecule has 3 nitrogen and oxygen atoms in total. The summed E-state index contributed by atoms with van der Waals surface area (Å²) in [6.07, 6.45) is -5.04. The normalized spacial score (nSPS) is 11.2. The first kappa shape index (κ1) is 13.8. The van der Waals surface area contributed by atoms with Gasteiger partial charge in [-0.3, -0.25) is 0 Å². The Labute approximate surface area is 101 Å². The molecule has 0 radical (unpaired) electrons. The van der Waals surface area contributed by atoms with Crippen molar-refractivity contribution in [3.63, 3.8) is 0 Å². The average molecular weight is 317 g/mol. The molecule has 0 saturated heterocycles. The van der Waals surface area contributed by atoms with Gasteiger partial charge in [-0.2, -0.15) is 0 Å². The lowest BCUT2D eigenvalue weighted by molar-refractivity contribution is -0.275. The second-order valence-electron chi connectivity index (χ2n) is 2.77. The number of hydrogen-bond donors (Lipinski definition) is 0. The first-order valence-electron chi connectivity index (χ1n) is 4.08. The Balaban J connectivity index is 3.24. The van der Waals surface area contributed by atoms with Crippen molar-refractivity contribution in [2.45, 2.75) is 6.36 Å². The van der Waals surface area contributed by atoms with E-state index in [2.05, 4.69) is 25.4 Å². The van der Waals surface area contributed by atoms with Crippen LogP contribution in [0.15, 0.2) is 16.6 Å². The number of hydrogen-bond acceptors (Lipinski definition) is 3. The molecule has 0 unspecified atom stereocenters. The highest BCUT2D eigenvalue weighted by Crippen LogP contribution is 2.31. The highest BCUT2D eigenvalue weighted by atomic mass is 79.9. The molecule has 94 valence electrons. The summed E-state index contributed by atoms with van der Waals surface area (Å²) in [5.74, 6) is -3.65. The molecule has 0 aliphatic heterocycles. The molecule has 8 heteroatoms. The molecule has 0 saturated carbocycles. The molecule has 17 heavy (non-hydrogen) atoms. The monoisotopic (exact) mass is 316 g/mol. The molecule has 0 atom stereocenters. The minimum atomic E-state index is -5.04. The van der Waals surface area contributed by atoms with Crippen LogP contribution < -0.4 is 4.74 Å². The topological polar surface area (TPSA) is 35.5 Å². The van der Waals surface area contributed by atoms with Crippen molar-refractivity contribution in [1.82, 2.24) is 0 Å². The quantitative estimate of drug-likeness (QED) is 0.620. The van der Waals surface area contributed by atoms with Crippen molar-refractivity contribution < 1.29 is 31.8 Å². The number of esters is 1. The van der Waals surface area contributed by atoms with Crippen LogP contribution in [0.3, 0.4) is 0 Å². The van der Waals surface area contributed by atoms with Crippen LogP contribution in [0.1, 0.15) is 10.4 Å². The van der Waals surface area contributed by atoms with Crippen LogP contribution >= 0.6 is 15.9 Å². The number of halogens is 5. The Morgan fingerprint density at radius 2 is 1.94 bits per heavy atom. The number of alkyl halides is 3. The van der Waals surface area contributed by atoms with Gasteiger partial charge in [0.2, 0.25) is 0 Å². The fraction of sp³-hybridized carbons (Fsp3) is 0.222. The first-order chi connectivity index (χ1) is 7.76. The van der Waals surface area contributed by atoms with E-state index < -0.39 is 29.5 Å². The lowest BCUT2D eigenvalue weighted by Crippen LogP contribution is -2.19. The SMILES string of the molecule is COC(=O)c1c(Br)ccc(OC(F)(F)F)c1F. The smallest absolute Gasteiger partial charge is 0.465 e. The molecule has 0 aliphatic carbocycles. The van der Waals surface area contributed by atoms with Gasteiger partial charge >= 0.3 is 12.3 Å². The highest BCUT2D eigenvalue weighted by molar-refractivity contribution is 9.10. The molecule has 0 aromatic heterocycles. The van der Waals surface area contributed by atoms with Crippen molar-refractivity contribution in [2.75, 3.05) is 7.11 Å². The van der Waals surface area contributed by atoms with E-state index in [1.54, 1.807) is 0 Å². The summed E-state index contributed by atoms with van der Waals surface area (Å²) in [5, 5.41) is 0. The lowest BCUT2D eigenvalue weighted by atomic mass is 10.2. The van der Waals surface area contributed by atoms with Gasteiger partial charge in [0.05, 0.1) is 7.11 Å². The van der Waals surface area contributed by atoms with Crippen LogP contribution in [-0.2, 0) is 4.74 Å². The number of carbonyl (C=O) groups excluding carboxylic acids is 1. The molecule has 0 spiro atoms. The van der Waals surface area contributed by atoms with Crippen molar-refractivity contribution in [3.8, 4) is 5.75 Å². The van der Waals surface area contributed by atoms with Crippen molar-refractivity contribution in [1.29, 1.82) is 0 Å². The van der Waals surface area contributed by atoms with E-state index in [1.807, 2.05) is 0 Å². The molecule has 1 aromatic carbocycles. The molecule has 0 aliphatic rings. The summed E-state index contributed by atoms with van der Waals surface area (Å²) in [5.41, 5.74) is -0.658. The van der Waals surface area contributed by atoms with Gasteiger partial charge in [-0.05, 0) is 28.1 Å². The summed E-state index contributed by atoms with van der Waals surface area (Å²) >= 11 is 2.82. The maximum Gasteiger partial charge on any atom is 0.573 e. The number of carbonyl (C=O) groups is 1. The van der Waals surface area contributed by atoms with E-state index in [-0.39, 0.29) is 4.47 Å². The molecule has 0 amide bonds. The second kappa shape index (κ2) is 4.91. The first-order valence-corrected chi connectivity index (χ1v) is 4.87. The minimum Gasteiger partial charge on any atom is -0.465 e. The van der Waals surface area contributed by atoms with E-state index >= 15 is 0 Å². The zero-order valence-corrected chi connectivity index (χ0v) is 9.86. The summed E-state index contributed by atoms with van der Waals surface area (Å²) in [7, 11) is 0.978. The summed E-state index contributed by atoms with van der Waals surface area (Å²) in [6, 6.07) is 1.80. The maximum atomic E-state index is 13.5. The van der Waals surface area contributed by atoms with Gasteiger partial charge in [0.1, 0.15) is 5.56 Å². The molecule has 0 bridgehead atoms. The predicted molar refractivity (Wildman–Crippen MR) is 52.1 cm³/mol. The zero-order chi connectivity index (χ0) is 13.2. The molecular weight excluding hydrogens is 312 g/mol. The molecular formula is C9H5BrF4O3. The second-order valence-corrected chi connectivity index (χ2v) is 3.63. The summed E-state index contributed by atoms with van der Waals surface area (Å²) in [4.78, 5) is 11.1. The van der Waals surface area contributed by atoms with Crippen LogP contribution in [0.2, 0.25) is 0 Å². The van der Waals surface area contributed by atoms with Gasteiger partial charge in [0.15, 0.2) is 11.6 Å². The highest BCUT2D eigenvalue weighted by Gasteiger charge is 2.33. The summed E-state index contributed by atoms with van der Waals surface area (Å²) in [6.45, 7) is 0. The van der Waals surface area contributed by atoms with E-state index in [0.717, 1.165) is 19.2 Å². The fourth-order valence-corrected chi connectivity index (χ4v) is 1.49. The van der Waals surface area contributed by atoms with E-state index in [1.165, 1.54) is 0 Å². The molecule has 0 fully saturated rings. The van der Waals surface area contributed by atoms with Crippen LogP contribution in [0.5, 0.6) is 5.75 Å². The van der Waals surface area contributed by atoms with E-state index in [9.17, 15) is 22.4 Å². The molecule has 0 heterocycles. The van der Waals surface area contributed by atoms with Gasteiger partial charge in [0.25, 0.3) is 0 Å². The Morgan fingerprint density at radius 1 is 1.35 bits per heavy atom. The molecule has 1 rings (SSSR count). The Morgan fingerprint density at radius 3 is 2.41 bits per heavy atom. The van der Waals surface area contributed by atoms with Crippen molar-refractivity contribution in [2.24, 2.45) is 0 Å². The van der Waals surface area contributed by atoms with Gasteiger partial charge in [0, 0.05) is 4.47 Å². The lowest BCUT2D eigenvalue weighted by Gasteiger charge is -2.12. The number of ether oxygens (including phenoxy) is 2. The largest absolute Gasteiger partial charge is 0.573 e. The predicted octanol–water partition coefficient (Wildman–Crippen LogP) is 3.27. The third-order valence-corrected chi connectivity index (χ3v) is 2.33. The average Bonchev–Trinajstić information content (AvgIpc) is 2.20. The van der Waals surface area contributed by atoms with E-state index in [0.29, 0.717) is 0 Å². The maximum absolute atomic E-state index is 13.5. The molecule has 0 N–H and O–H groups in total. The number of methoxy groups -OCH3 is 1. The van der Waals surface area contributed by atoms with Crippen molar-refractivity contribution >= 4 is 21.9 Å². The van der Waals surface area contributed by atoms with Crippen LogP contribution in [0.25, 0.3) is 0 Å². The van der Waals surface area contributed by atoms with Gasteiger partial charge in [-0.25, -0.2) is 9.18 Å². The Kier molecular flexibility index (Phi) is 3.97. The Bertz CT molecular complexity index is 445.